The molecule has 89 heavy (non-hydrogen) atoms. The molecule has 6 aromatic rings. The van der Waals surface area contributed by atoms with E-state index in [0.29, 0.717) is 47.0 Å². The number of H-pyrrole nitrogens is 2. The lowest BCUT2D eigenvalue weighted by atomic mass is 10.1. The minimum absolute atomic E-state index is 0.0422. The number of carbonyl (C=O) groups excluding carboxylic acids is 6. The Hall–Kier alpha value is -9.09. The molecule has 496 valence electrons. The van der Waals surface area contributed by atoms with Crippen LogP contribution >= 0.6 is 0 Å². The monoisotopic (exact) mass is 1240 g/mol. The Balaban J connectivity index is -0.000000226. The fraction of sp³-hybridized carbons (Fsp3) is 0.429. The molecule has 4 aromatic carbocycles. The van der Waals surface area contributed by atoms with Gasteiger partial charge in [-0.2, -0.15) is 9.59 Å². The van der Waals surface area contributed by atoms with Gasteiger partial charge < -0.3 is 49.8 Å². The first kappa shape index (κ1) is 91.1. The highest BCUT2D eigenvalue weighted by Gasteiger charge is 2.21. The van der Waals surface area contributed by atoms with E-state index in [2.05, 4.69) is 108 Å². The van der Waals surface area contributed by atoms with E-state index in [-0.39, 0.29) is 54.1 Å². The zero-order valence-corrected chi connectivity index (χ0v) is 56.4. The molecule has 0 aliphatic heterocycles. The summed E-state index contributed by atoms with van der Waals surface area (Å²) in [6, 6.07) is 33.0. The van der Waals surface area contributed by atoms with Crippen LogP contribution in [0.1, 0.15) is 190 Å². The van der Waals surface area contributed by atoms with Crippen LogP contribution in [0.4, 0.5) is 11.4 Å². The van der Waals surface area contributed by atoms with E-state index in [1.54, 1.807) is 83.3 Å². The lowest BCUT2D eigenvalue weighted by molar-refractivity contribution is -0.191. The zero-order valence-electron chi connectivity index (χ0n) is 56.4. The molecular weight excluding hydrogens is 1140 g/mol. The Kier molecular flexibility index (Phi) is 68.0. The molecule has 0 unspecified atom stereocenters. The molecule has 0 radical (unpaired) electrons. The highest BCUT2D eigenvalue weighted by atomic mass is 16.6. The molecule has 0 aliphatic rings. The van der Waals surface area contributed by atoms with Gasteiger partial charge in [-0.3, -0.25) is 9.59 Å². The number of benzene rings is 4. The number of anilines is 2. The Bertz CT molecular complexity index is 2900. The number of nitrogen functional groups attached to an aromatic ring is 1. The number of hydrogen-bond acceptors (Lipinski definition) is 16. The van der Waals surface area contributed by atoms with Crippen LogP contribution in [0.5, 0.6) is 0 Å². The number of nitrogens with two attached hydrogens (primary N) is 1. The fourth-order valence-electron chi connectivity index (χ4n) is 5.31. The van der Waals surface area contributed by atoms with Gasteiger partial charge in [-0.15, -0.1) is 0 Å². The predicted octanol–water partition coefficient (Wildman–Crippen LogP) is 16.1. The summed E-state index contributed by atoms with van der Waals surface area (Å²) in [5, 5.41) is 12.7. The first-order chi connectivity index (χ1) is 42.7. The Morgan fingerprint density at radius 2 is 0.820 bits per heavy atom. The van der Waals surface area contributed by atoms with E-state index in [1.165, 1.54) is 50.9 Å². The van der Waals surface area contributed by atoms with Crippen molar-refractivity contribution >= 4 is 69.2 Å². The van der Waals surface area contributed by atoms with Crippen molar-refractivity contribution in [2.24, 2.45) is 0 Å². The Morgan fingerprint density at radius 1 is 0.483 bits per heavy atom. The lowest BCUT2D eigenvalue weighted by Gasteiger charge is -2.06. The molecule has 6 rings (SSSR count). The standard InChI is InChI=1S/C13H17NO2.C12H11NO3.C10H7NO3.C10H16O5.C6H7N.6C3H8.CO2/c1-3-11(13(15)16-4-2)10-14-12-8-6-5-7-9-12;1-2-16-12(15)9-7-13-10-6-4-3-5-8(10)11(9)14;12-9-6-3-1-2-4-8(6)11-5-7(9)10(13)14;1-4-13-7-8(9(11)14-5-2)10(12)15-6-3;7-6-4-2-1-3-5-6;6*1-3-2;2-1-3/h5-10,14H,3-4H2,1-2H3;3-7H,2H2,1H3,(H,13,14);1-5H,(H,11,12)(H,13,14);7H,4-6H2,1-3H3;1-5H,7H2;6*3H2,1-2H3;/b11-10-;;;;;;;;;;;. The van der Waals surface area contributed by atoms with E-state index in [4.69, 9.17) is 34.6 Å². The van der Waals surface area contributed by atoms with Crippen LogP contribution in [-0.4, -0.2) is 84.1 Å². The largest absolute Gasteiger partial charge is 0.500 e. The Labute approximate surface area is 529 Å². The van der Waals surface area contributed by atoms with E-state index in [9.17, 15) is 33.6 Å². The van der Waals surface area contributed by atoms with Crippen molar-refractivity contribution < 1.29 is 62.4 Å². The molecule has 0 aliphatic carbocycles. The number of carboxylic acid groups (broad SMARTS) is 1. The van der Waals surface area contributed by atoms with Crippen LogP contribution in [0.15, 0.2) is 155 Å². The van der Waals surface area contributed by atoms with E-state index in [1.807, 2.05) is 73.7 Å². The number of fused-ring (bicyclic) bond motifs is 2. The van der Waals surface area contributed by atoms with Crippen molar-refractivity contribution in [1.29, 1.82) is 0 Å². The number of pyridine rings is 2. The number of nitrogens with one attached hydrogen (secondary N) is 3. The van der Waals surface area contributed by atoms with Gasteiger partial charge in [0, 0.05) is 51.8 Å². The molecule has 0 bridgehead atoms. The fourth-order valence-corrected chi connectivity index (χ4v) is 5.31. The van der Waals surface area contributed by atoms with Crippen molar-refractivity contribution in [1.82, 2.24) is 9.97 Å². The first-order valence-electron chi connectivity index (χ1n) is 30.4. The number of rotatable bonds is 14. The van der Waals surface area contributed by atoms with Crippen LogP contribution in [0, 0.1) is 0 Å². The van der Waals surface area contributed by atoms with Crippen molar-refractivity contribution in [3.05, 3.63) is 177 Å². The minimum atomic E-state index is -1.21. The van der Waals surface area contributed by atoms with E-state index >= 15 is 0 Å². The summed E-state index contributed by atoms with van der Waals surface area (Å²) in [6.45, 7) is 37.4. The number of para-hydroxylation sites is 4. The van der Waals surface area contributed by atoms with Crippen LogP contribution in [-0.2, 0) is 47.7 Å². The van der Waals surface area contributed by atoms with E-state index < -0.39 is 29.3 Å². The van der Waals surface area contributed by atoms with Crippen LogP contribution in [0.25, 0.3) is 21.8 Å². The summed E-state index contributed by atoms with van der Waals surface area (Å²) in [5.74, 6) is -3.52. The third kappa shape index (κ3) is 48.7. The molecule has 0 saturated carbocycles. The van der Waals surface area contributed by atoms with Gasteiger partial charge in [0.25, 0.3) is 0 Å². The molecule has 2 heterocycles. The summed E-state index contributed by atoms with van der Waals surface area (Å²) in [5.41, 5.74) is 7.97. The first-order valence-corrected chi connectivity index (χ1v) is 30.4. The van der Waals surface area contributed by atoms with Gasteiger partial charge in [0.05, 0.1) is 38.6 Å². The molecular formula is C70H106N4O15. The zero-order chi connectivity index (χ0) is 69.2. The molecule has 0 fully saturated rings. The summed E-state index contributed by atoms with van der Waals surface area (Å²) < 4.78 is 24.0. The number of esters is 4. The van der Waals surface area contributed by atoms with E-state index in [0.717, 1.165) is 17.6 Å². The summed E-state index contributed by atoms with van der Waals surface area (Å²) in [7, 11) is 0. The van der Waals surface area contributed by atoms with Gasteiger partial charge in [0.15, 0.2) is 5.57 Å². The minimum Gasteiger partial charge on any atom is -0.500 e. The second kappa shape index (κ2) is 66.4. The highest BCUT2D eigenvalue weighted by Crippen LogP contribution is 2.11. The third-order valence-electron chi connectivity index (χ3n) is 8.57. The number of carbonyl (C=O) groups is 5. The van der Waals surface area contributed by atoms with Crippen molar-refractivity contribution in [3.63, 3.8) is 0 Å². The topological polar surface area (TPSA) is 290 Å². The van der Waals surface area contributed by atoms with Crippen molar-refractivity contribution in [3.8, 4) is 0 Å². The number of ether oxygens (including phenoxy) is 5. The SMILES string of the molecule is CCC.CCC.CCC.CCC.CCC.CCC.CCOC(=O)/C(=C\Nc1ccccc1)CC.CCOC(=O)c1c[nH]c2ccccc2c1=O.CCOC=C(C(=O)OCC)C(=O)OCC.Nc1ccccc1.O=C(O)c1c[nH]c2ccccc2c1=O.O=C=O. The maximum atomic E-state index is 11.9. The maximum absolute atomic E-state index is 11.9. The molecule has 0 spiro atoms. The van der Waals surface area contributed by atoms with Crippen LogP contribution < -0.4 is 21.9 Å². The van der Waals surface area contributed by atoms with Crippen molar-refractivity contribution in [2.45, 2.75) is 170 Å². The van der Waals surface area contributed by atoms with Gasteiger partial charge in [0.2, 0.25) is 10.9 Å². The molecule has 2 aromatic heterocycles. The molecule has 0 atom stereocenters. The molecule has 19 nitrogen and oxygen atoms in total. The second-order valence-electron chi connectivity index (χ2n) is 17.6. The van der Waals surface area contributed by atoms with Gasteiger partial charge in [-0.05, 0) is 89.6 Å². The quantitative estimate of drug-likeness (QED) is 0.0129. The highest BCUT2D eigenvalue weighted by molar-refractivity contribution is 6.13. The number of aromatic amines is 2. The third-order valence-corrected chi connectivity index (χ3v) is 8.57. The van der Waals surface area contributed by atoms with Gasteiger partial charge in [-0.1, -0.05) is 189 Å². The Morgan fingerprint density at radius 3 is 1.16 bits per heavy atom. The number of carboxylic acids is 1. The lowest BCUT2D eigenvalue weighted by Crippen LogP contribution is -2.18. The van der Waals surface area contributed by atoms with Gasteiger partial charge in [-0.25, -0.2) is 24.0 Å². The number of hydrogen-bond donors (Lipinski definition) is 5. The summed E-state index contributed by atoms with van der Waals surface area (Å²) >= 11 is 0. The average molecular weight is 1240 g/mol. The maximum Gasteiger partial charge on any atom is 0.373 e. The molecule has 19 heteroatoms. The van der Waals surface area contributed by atoms with Crippen molar-refractivity contribution in [2.75, 3.05) is 44.1 Å². The van der Waals surface area contributed by atoms with Gasteiger partial charge >= 0.3 is 36.0 Å². The number of aromatic nitrogens is 2. The molecule has 0 saturated heterocycles. The smallest absolute Gasteiger partial charge is 0.373 e. The molecule has 0 amide bonds. The van der Waals surface area contributed by atoms with Crippen LogP contribution in [0.3, 0.4) is 0 Å². The van der Waals surface area contributed by atoms with Crippen LogP contribution in [0.2, 0.25) is 0 Å². The van der Waals surface area contributed by atoms with Gasteiger partial charge in [0.1, 0.15) is 17.4 Å². The normalized spacial score (nSPS) is 8.94. The number of aromatic carboxylic acids is 1. The average Bonchev–Trinajstić information content (AvgIpc) is 3.23. The second-order valence-corrected chi connectivity index (χ2v) is 17.6. The predicted molar refractivity (Wildman–Crippen MR) is 362 cm³/mol. The molecule has 6 N–H and O–H groups in total. The summed E-state index contributed by atoms with van der Waals surface area (Å²) in [6.07, 6.45) is 13.8. The summed E-state index contributed by atoms with van der Waals surface area (Å²) in [4.78, 5) is 102.